The molecule has 1 aromatic carbocycles. The highest BCUT2D eigenvalue weighted by Gasteiger charge is 2.48. The van der Waals surface area contributed by atoms with Crippen molar-refractivity contribution in [2.75, 3.05) is 13.1 Å². The number of aliphatic carboxylic acids is 1. The third-order valence-corrected chi connectivity index (χ3v) is 5.36. The Hall–Kier alpha value is -1.91. The molecule has 1 saturated heterocycles. The fraction of sp³-hybridized carbons (Fsp3) is 0.556. The SMILES string of the molecule is O=C(O)CC1CCN(C(=O)C2(c3cccc(F)c3)CCC2)CC1. The van der Waals surface area contributed by atoms with Gasteiger partial charge in [-0.05, 0) is 49.3 Å². The molecule has 23 heavy (non-hydrogen) atoms. The molecule has 1 aromatic rings. The number of hydrogen-bond donors (Lipinski definition) is 1. The van der Waals surface area contributed by atoms with E-state index in [2.05, 4.69) is 0 Å². The first kappa shape index (κ1) is 16.0. The van der Waals surface area contributed by atoms with Crippen LogP contribution in [0.25, 0.3) is 0 Å². The second-order valence-electron chi connectivity index (χ2n) is 6.78. The Morgan fingerprint density at radius 1 is 1.26 bits per heavy atom. The molecule has 1 saturated carbocycles. The summed E-state index contributed by atoms with van der Waals surface area (Å²) >= 11 is 0. The van der Waals surface area contributed by atoms with Gasteiger partial charge in [0.1, 0.15) is 5.82 Å². The van der Waals surface area contributed by atoms with Gasteiger partial charge in [0.25, 0.3) is 0 Å². The van der Waals surface area contributed by atoms with E-state index in [0.717, 1.165) is 37.7 Å². The predicted molar refractivity (Wildman–Crippen MR) is 83.5 cm³/mol. The van der Waals surface area contributed by atoms with E-state index in [-0.39, 0.29) is 24.1 Å². The van der Waals surface area contributed by atoms with Crippen LogP contribution in [0.5, 0.6) is 0 Å². The van der Waals surface area contributed by atoms with Crippen LogP contribution in [0.15, 0.2) is 24.3 Å². The number of piperidine rings is 1. The molecule has 1 N–H and O–H groups in total. The molecule has 124 valence electrons. The maximum absolute atomic E-state index is 13.6. The van der Waals surface area contributed by atoms with E-state index in [4.69, 9.17) is 5.11 Å². The van der Waals surface area contributed by atoms with Crippen LogP contribution in [0.4, 0.5) is 4.39 Å². The summed E-state index contributed by atoms with van der Waals surface area (Å²) in [6.07, 6.45) is 4.16. The molecule has 4 nitrogen and oxygen atoms in total. The van der Waals surface area contributed by atoms with Crippen LogP contribution in [0, 0.1) is 11.7 Å². The molecule has 0 bridgehead atoms. The molecular weight excluding hydrogens is 297 g/mol. The standard InChI is InChI=1S/C18H22FNO3/c19-15-4-1-3-14(12-15)18(7-2-8-18)17(23)20-9-5-13(6-10-20)11-16(21)22/h1,3-4,12-13H,2,5-11H2,(H,21,22). The number of likely N-dealkylation sites (tertiary alicyclic amines) is 1. The summed E-state index contributed by atoms with van der Waals surface area (Å²) in [4.78, 5) is 25.7. The lowest BCUT2D eigenvalue weighted by molar-refractivity contribution is -0.143. The molecular formula is C18H22FNO3. The van der Waals surface area contributed by atoms with Gasteiger partial charge in [-0.2, -0.15) is 0 Å². The lowest BCUT2D eigenvalue weighted by atomic mass is 9.63. The zero-order valence-electron chi connectivity index (χ0n) is 13.1. The van der Waals surface area contributed by atoms with E-state index < -0.39 is 11.4 Å². The number of nitrogens with zero attached hydrogens (tertiary/aromatic N) is 1. The number of carboxylic acids is 1. The van der Waals surface area contributed by atoms with Gasteiger partial charge in [0.15, 0.2) is 0 Å². The summed E-state index contributed by atoms with van der Waals surface area (Å²) in [6.45, 7) is 1.21. The molecule has 1 aliphatic heterocycles. The van der Waals surface area contributed by atoms with Crippen LogP contribution in [0.2, 0.25) is 0 Å². The minimum atomic E-state index is -0.773. The van der Waals surface area contributed by atoms with E-state index in [1.165, 1.54) is 12.1 Å². The molecule has 0 atom stereocenters. The molecule has 2 aliphatic rings. The fourth-order valence-electron chi connectivity index (χ4n) is 3.83. The van der Waals surface area contributed by atoms with Gasteiger partial charge < -0.3 is 10.0 Å². The van der Waals surface area contributed by atoms with Crippen molar-refractivity contribution in [2.24, 2.45) is 5.92 Å². The first-order valence-corrected chi connectivity index (χ1v) is 8.28. The summed E-state index contributed by atoms with van der Waals surface area (Å²) in [5.41, 5.74) is 0.211. The number of halogens is 1. The number of benzene rings is 1. The lowest BCUT2D eigenvalue weighted by Gasteiger charge is -2.45. The Morgan fingerprint density at radius 2 is 1.96 bits per heavy atom. The number of rotatable bonds is 4. The minimum Gasteiger partial charge on any atom is -0.481 e. The van der Waals surface area contributed by atoms with E-state index in [1.807, 2.05) is 11.0 Å². The van der Waals surface area contributed by atoms with Crippen molar-refractivity contribution >= 4 is 11.9 Å². The summed E-state index contributed by atoms with van der Waals surface area (Å²) in [7, 11) is 0. The number of carbonyl (C=O) groups is 2. The average molecular weight is 319 g/mol. The predicted octanol–water partition coefficient (Wildman–Crippen LogP) is 2.96. The van der Waals surface area contributed by atoms with E-state index in [1.54, 1.807) is 6.07 Å². The molecule has 3 rings (SSSR count). The number of hydrogen-bond acceptors (Lipinski definition) is 2. The molecule has 1 aliphatic carbocycles. The number of carboxylic acid groups (broad SMARTS) is 1. The van der Waals surface area contributed by atoms with Crippen molar-refractivity contribution in [3.63, 3.8) is 0 Å². The maximum Gasteiger partial charge on any atom is 0.303 e. The van der Waals surface area contributed by atoms with Crippen molar-refractivity contribution in [3.05, 3.63) is 35.6 Å². The number of carbonyl (C=O) groups excluding carboxylic acids is 1. The van der Waals surface area contributed by atoms with Crippen LogP contribution >= 0.6 is 0 Å². The van der Waals surface area contributed by atoms with Gasteiger partial charge >= 0.3 is 5.97 Å². The van der Waals surface area contributed by atoms with E-state index in [9.17, 15) is 14.0 Å². The largest absolute Gasteiger partial charge is 0.481 e. The highest BCUT2D eigenvalue weighted by Crippen LogP contribution is 2.45. The highest BCUT2D eigenvalue weighted by atomic mass is 19.1. The Morgan fingerprint density at radius 3 is 2.48 bits per heavy atom. The van der Waals surface area contributed by atoms with Crippen LogP contribution < -0.4 is 0 Å². The van der Waals surface area contributed by atoms with Gasteiger partial charge in [-0.1, -0.05) is 18.6 Å². The smallest absolute Gasteiger partial charge is 0.303 e. The third-order valence-electron chi connectivity index (χ3n) is 5.36. The fourth-order valence-corrected chi connectivity index (χ4v) is 3.83. The summed E-state index contributed by atoms with van der Waals surface area (Å²) < 4.78 is 13.6. The highest BCUT2D eigenvalue weighted by molar-refractivity contribution is 5.89. The molecule has 5 heteroatoms. The second kappa shape index (κ2) is 6.30. The Bertz CT molecular complexity index is 604. The van der Waals surface area contributed by atoms with Gasteiger partial charge in [0.2, 0.25) is 5.91 Å². The van der Waals surface area contributed by atoms with Gasteiger partial charge in [-0.25, -0.2) is 4.39 Å². The van der Waals surface area contributed by atoms with Gasteiger partial charge in [0.05, 0.1) is 5.41 Å². The van der Waals surface area contributed by atoms with Crippen molar-refractivity contribution in [1.29, 1.82) is 0 Å². The summed E-state index contributed by atoms with van der Waals surface area (Å²) in [5, 5.41) is 8.88. The molecule has 1 amide bonds. The first-order valence-electron chi connectivity index (χ1n) is 8.28. The molecule has 2 fully saturated rings. The quantitative estimate of drug-likeness (QED) is 0.928. The van der Waals surface area contributed by atoms with Gasteiger partial charge in [-0.3, -0.25) is 9.59 Å². The molecule has 0 radical (unpaired) electrons. The Labute approximate surface area is 135 Å². The van der Waals surface area contributed by atoms with Gasteiger partial charge in [-0.15, -0.1) is 0 Å². The minimum absolute atomic E-state index is 0.0862. The van der Waals surface area contributed by atoms with Crippen LogP contribution in [0.1, 0.15) is 44.1 Å². The molecule has 0 spiro atoms. The van der Waals surface area contributed by atoms with Crippen LogP contribution in [-0.2, 0) is 15.0 Å². The Balaban J connectivity index is 1.71. The summed E-state index contributed by atoms with van der Waals surface area (Å²) in [5.74, 6) is -0.835. The van der Waals surface area contributed by atoms with E-state index >= 15 is 0 Å². The normalized spacial score (nSPS) is 20.8. The van der Waals surface area contributed by atoms with Gasteiger partial charge in [0, 0.05) is 19.5 Å². The molecule has 0 unspecified atom stereocenters. The monoisotopic (exact) mass is 319 g/mol. The van der Waals surface area contributed by atoms with Crippen molar-refractivity contribution < 1.29 is 19.1 Å². The second-order valence-corrected chi connectivity index (χ2v) is 6.78. The number of amides is 1. The van der Waals surface area contributed by atoms with Crippen LogP contribution in [-0.4, -0.2) is 35.0 Å². The average Bonchev–Trinajstić information content (AvgIpc) is 2.46. The topological polar surface area (TPSA) is 57.6 Å². The first-order chi connectivity index (χ1) is 11.0. The zero-order valence-corrected chi connectivity index (χ0v) is 13.1. The molecule has 0 aromatic heterocycles. The van der Waals surface area contributed by atoms with Crippen LogP contribution in [0.3, 0.4) is 0 Å². The lowest BCUT2D eigenvalue weighted by Crippen LogP contribution is -2.53. The summed E-state index contributed by atoms with van der Waals surface area (Å²) in [6, 6.07) is 6.39. The Kier molecular flexibility index (Phi) is 4.37. The van der Waals surface area contributed by atoms with Crippen molar-refractivity contribution in [1.82, 2.24) is 4.90 Å². The zero-order chi connectivity index (χ0) is 16.4. The molecule has 1 heterocycles. The van der Waals surface area contributed by atoms with Crippen molar-refractivity contribution in [3.8, 4) is 0 Å². The van der Waals surface area contributed by atoms with Crippen molar-refractivity contribution in [2.45, 2.75) is 43.9 Å². The van der Waals surface area contributed by atoms with E-state index in [0.29, 0.717) is 13.1 Å². The third kappa shape index (κ3) is 3.09. The maximum atomic E-state index is 13.6.